The van der Waals surface area contributed by atoms with Gasteiger partial charge in [-0.2, -0.15) is 0 Å². The molecule has 7 nitrogen and oxygen atoms in total. The molecule has 1 saturated heterocycles. The molecule has 0 bridgehead atoms. The van der Waals surface area contributed by atoms with Crippen LogP contribution >= 0.6 is 0 Å². The summed E-state index contributed by atoms with van der Waals surface area (Å²) in [4.78, 5) is 13.7. The van der Waals surface area contributed by atoms with Gasteiger partial charge in [0.2, 0.25) is 0 Å². The number of hydrogen-bond acceptors (Lipinski definition) is 6. The van der Waals surface area contributed by atoms with Crippen molar-refractivity contribution in [3.05, 3.63) is 0 Å². The van der Waals surface area contributed by atoms with Crippen molar-refractivity contribution in [2.24, 2.45) is 0 Å². The Morgan fingerprint density at radius 3 is 1.46 bits per heavy atom. The molecule has 39 heavy (non-hydrogen) atoms. The summed E-state index contributed by atoms with van der Waals surface area (Å²) in [5.74, 6) is -0.138. The normalized spacial score (nSPS) is 25.1. The van der Waals surface area contributed by atoms with E-state index in [9.17, 15) is 4.79 Å². The summed E-state index contributed by atoms with van der Waals surface area (Å²) >= 11 is 0. The summed E-state index contributed by atoms with van der Waals surface area (Å²) in [7, 11) is -8.16. The Hall–Kier alpha value is 0.138. The lowest BCUT2D eigenvalue weighted by Gasteiger charge is -2.51. The standard InChI is InChI=1S/C28H63NO6Si4/c1-14-15-16-17-18-19-20-21-22-29-27(30)25-23(32-36(2,3)4)24(33-37(5,6)7)26(34-38(8,9)10)28(31-25)35-39(11,12)13/h23-26,28H,14-22H2,1-13H3,(H,29,30). The Labute approximate surface area is 245 Å². The van der Waals surface area contributed by atoms with Crippen molar-refractivity contribution in [3.8, 4) is 0 Å². The van der Waals surface area contributed by atoms with Gasteiger partial charge in [-0.05, 0) is 85.0 Å². The lowest BCUT2D eigenvalue weighted by Crippen LogP contribution is -2.68. The summed E-state index contributed by atoms with van der Waals surface area (Å²) in [6.07, 6.45) is 6.89. The molecule has 1 heterocycles. The van der Waals surface area contributed by atoms with E-state index in [1.807, 2.05) is 0 Å². The third-order valence-corrected chi connectivity index (χ3v) is 9.90. The van der Waals surface area contributed by atoms with E-state index in [0.717, 1.165) is 12.8 Å². The van der Waals surface area contributed by atoms with Crippen LogP contribution in [0.15, 0.2) is 0 Å². The SMILES string of the molecule is CCCCCCCCCCNC(=O)C1OC(O[Si](C)(C)C)C(O[Si](C)(C)C)C(O[Si](C)(C)C)C1O[Si](C)(C)C. The molecule has 1 fully saturated rings. The quantitative estimate of drug-likeness (QED) is 0.126. The van der Waals surface area contributed by atoms with Crippen LogP contribution in [0.2, 0.25) is 78.6 Å². The molecular formula is C28H63NO6Si4. The Balaban J connectivity index is 3.17. The average molecular weight is 622 g/mol. The van der Waals surface area contributed by atoms with Crippen molar-refractivity contribution in [2.75, 3.05) is 6.54 Å². The summed E-state index contributed by atoms with van der Waals surface area (Å²) < 4.78 is 33.4. The highest BCUT2D eigenvalue weighted by molar-refractivity contribution is 6.71. The predicted molar refractivity (Wildman–Crippen MR) is 173 cm³/mol. The molecule has 0 spiro atoms. The fraction of sp³-hybridized carbons (Fsp3) is 0.964. The number of rotatable bonds is 18. The van der Waals surface area contributed by atoms with Crippen LogP contribution in [0.3, 0.4) is 0 Å². The van der Waals surface area contributed by atoms with Crippen molar-refractivity contribution in [1.29, 1.82) is 0 Å². The largest absolute Gasteiger partial charge is 0.409 e. The van der Waals surface area contributed by atoms with Crippen LogP contribution in [0, 0.1) is 0 Å². The van der Waals surface area contributed by atoms with Crippen molar-refractivity contribution >= 4 is 39.2 Å². The van der Waals surface area contributed by atoms with E-state index >= 15 is 0 Å². The van der Waals surface area contributed by atoms with Gasteiger partial charge in [-0.15, -0.1) is 0 Å². The molecule has 0 aromatic heterocycles. The summed E-state index contributed by atoms with van der Waals surface area (Å²) in [6.45, 7) is 28.8. The lowest BCUT2D eigenvalue weighted by atomic mass is 9.98. The van der Waals surface area contributed by atoms with Gasteiger partial charge in [0.15, 0.2) is 45.7 Å². The number of ether oxygens (including phenoxy) is 1. The second-order valence-electron chi connectivity index (χ2n) is 15.0. The minimum absolute atomic E-state index is 0.138. The fourth-order valence-electron chi connectivity index (χ4n) is 4.65. The van der Waals surface area contributed by atoms with Gasteiger partial charge in [0.25, 0.3) is 5.91 Å². The first-order valence-corrected chi connectivity index (χ1v) is 29.0. The topological polar surface area (TPSA) is 75.3 Å². The molecule has 0 aliphatic carbocycles. The number of nitrogens with one attached hydrogen (secondary N) is 1. The van der Waals surface area contributed by atoms with Gasteiger partial charge >= 0.3 is 0 Å². The summed E-state index contributed by atoms with van der Waals surface area (Å²) in [5, 5.41) is 3.16. The highest BCUT2D eigenvalue weighted by Crippen LogP contribution is 2.35. The maximum absolute atomic E-state index is 13.7. The molecule has 1 aliphatic heterocycles. The van der Waals surface area contributed by atoms with Gasteiger partial charge < -0.3 is 27.8 Å². The van der Waals surface area contributed by atoms with E-state index in [0.29, 0.717) is 6.54 Å². The van der Waals surface area contributed by atoms with Crippen molar-refractivity contribution in [1.82, 2.24) is 5.32 Å². The van der Waals surface area contributed by atoms with Gasteiger partial charge in [0.05, 0.1) is 0 Å². The maximum Gasteiger partial charge on any atom is 0.252 e. The Bertz CT molecular complexity index is 715. The number of amides is 1. The van der Waals surface area contributed by atoms with Crippen LogP contribution in [-0.4, -0.2) is 76.4 Å². The third kappa shape index (κ3) is 16.4. The second-order valence-corrected chi connectivity index (χ2v) is 32.8. The molecule has 1 rings (SSSR count). The molecule has 232 valence electrons. The summed E-state index contributed by atoms with van der Waals surface area (Å²) in [5.41, 5.74) is 0. The zero-order valence-electron chi connectivity index (χ0n) is 27.7. The maximum atomic E-state index is 13.7. The van der Waals surface area contributed by atoms with Crippen LogP contribution in [-0.2, 0) is 27.2 Å². The molecule has 1 amide bonds. The molecular weight excluding hydrogens is 559 g/mol. The molecule has 5 atom stereocenters. The van der Waals surface area contributed by atoms with Crippen molar-refractivity contribution < 1.29 is 27.2 Å². The number of unbranched alkanes of at least 4 members (excludes halogenated alkanes) is 7. The first-order valence-electron chi connectivity index (χ1n) is 15.4. The molecule has 0 saturated carbocycles. The van der Waals surface area contributed by atoms with Gasteiger partial charge in [-0.3, -0.25) is 4.79 Å². The van der Waals surface area contributed by atoms with Crippen molar-refractivity contribution in [2.45, 2.75) is 168 Å². The highest BCUT2D eigenvalue weighted by Gasteiger charge is 2.54. The number of carbonyl (C=O) groups is 1. The average Bonchev–Trinajstić information content (AvgIpc) is 2.72. The minimum Gasteiger partial charge on any atom is -0.409 e. The predicted octanol–water partition coefficient (Wildman–Crippen LogP) is 7.48. The third-order valence-electron chi connectivity index (χ3n) is 6.02. The van der Waals surface area contributed by atoms with Gasteiger partial charge in [0, 0.05) is 6.54 Å². The van der Waals surface area contributed by atoms with Crippen LogP contribution in [0.4, 0.5) is 0 Å². The van der Waals surface area contributed by atoms with Gasteiger partial charge in [-0.1, -0.05) is 51.9 Å². The summed E-state index contributed by atoms with van der Waals surface area (Å²) in [6, 6.07) is 0. The lowest BCUT2D eigenvalue weighted by molar-refractivity contribution is -0.258. The van der Waals surface area contributed by atoms with Gasteiger partial charge in [0.1, 0.15) is 18.3 Å². The van der Waals surface area contributed by atoms with E-state index in [1.54, 1.807) is 0 Å². The molecule has 1 aliphatic rings. The van der Waals surface area contributed by atoms with E-state index in [2.05, 4.69) is 90.8 Å². The first kappa shape index (κ1) is 37.2. The molecule has 5 unspecified atom stereocenters. The van der Waals surface area contributed by atoms with Crippen LogP contribution < -0.4 is 5.32 Å². The molecule has 0 aromatic carbocycles. The fourth-order valence-corrected chi connectivity index (χ4v) is 8.76. The van der Waals surface area contributed by atoms with E-state index < -0.39 is 64.0 Å². The smallest absolute Gasteiger partial charge is 0.252 e. The minimum atomic E-state index is -2.07. The van der Waals surface area contributed by atoms with E-state index in [-0.39, 0.29) is 5.91 Å². The number of carbonyl (C=O) groups excluding carboxylic acids is 1. The molecule has 11 heteroatoms. The highest BCUT2D eigenvalue weighted by atomic mass is 28.4. The second kappa shape index (κ2) is 16.1. The zero-order chi connectivity index (χ0) is 30.1. The van der Waals surface area contributed by atoms with Crippen LogP contribution in [0.1, 0.15) is 58.3 Å². The van der Waals surface area contributed by atoms with Crippen LogP contribution in [0.5, 0.6) is 0 Å². The van der Waals surface area contributed by atoms with Crippen LogP contribution in [0.25, 0.3) is 0 Å². The monoisotopic (exact) mass is 621 g/mol. The Morgan fingerprint density at radius 1 is 0.590 bits per heavy atom. The van der Waals surface area contributed by atoms with E-state index in [4.69, 9.17) is 22.4 Å². The van der Waals surface area contributed by atoms with E-state index in [1.165, 1.54) is 38.5 Å². The van der Waals surface area contributed by atoms with Crippen molar-refractivity contribution in [3.63, 3.8) is 0 Å². The zero-order valence-corrected chi connectivity index (χ0v) is 31.7. The number of hydrogen-bond donors (Lipinski definition) is 1. The molecule has 1 N–H and O–H groups in total. The molecule has 0 radical (unpaired) electrons. The first-order chi connectivity index (χ1) is 17.7. The molecule has 0 aromatic rings. The van der Waals surface area contributed by atoms with Gasteiger partial charge in [-0.25, -0.2) is 0 Å². The Kier molecular flexibility index (Phi) is 15.4. The Morgan fingerprint density at radius 2 is 1.00 bits per heavy atom.